The number of hydrogen-bond donors (Lipinski definition) is 1. The van der Waals surface area contributed by atoms with Crippen molar-refractivity contribution in [2.24, 2.45) is 0 Å². The van der Waals surface area contributed by atoms with Crippen LogP contribution in [0.4, 0.5) is 4.39 Å². The molecule has 0 radical (unpaired) electrons. The van der Waals surface area contributed by atoms with Crippen molar-refractivity contribution in [1.29, 1.82) is 0 Å². The van der Waals surface area contributed by atoms with Crippen LogP contribution in [0.2, 0.25) is 0 Å². The summed E-state index contributed by atoms with van der Waals surface area (Å²) in [6.07, 6.45) is 2.89. The molecule has 2 aromatic carbocycles. The average molecular weight is 347 g/mol. The van der Waals surface area contributed by atoms with Crippen molar-refractivity contribution < 1.29 is 9.50 Å². The van der Waals surface area contributed by atoms with E-state index in [0.717, 1.165) is 16.6 Å². The fourth-order valence-electron chi connectivity index (χ4n) is 2.28. The molecule has 3 nitrogen and oxygen atoms in total. The fourth-order valence-corrected chi connectivity index (χ4v) is 2.71. The van der Waals surface area contributed by atoms with Gasteiger partial charge in [0.1, 0.15) is 5.82 Å². The lowest BCUT2D eigenvalue weighted by Gasteiger charge is -2.13. The molecule has 0 bridgehead atoms. The molecule has 3 rings (SSSR count). The highest BCUT2D eigenvalue weighted by molar-refractivity contribution is 9.10. The summed E-state index contributed by atoms with van der Waals surface area (Å²) in [5.74, 6) is -0.315. The Bertz CT molecular complexity index is 789. The van der Waals surface area contributed by atoms with Crippen LogP contribution in [0.3, 0.4) is 0 Å². The van der Waals surface area contributed by atoms with Gasteiger partial charge in [-0.1, -0.05) is 18.2 Å². The van der Waals surface area contributed by atoms with E-state index >= 15 is 0 Å². The minimum atomic E-state index is -0.720. The van der Waals surface area contributed by atoms with E-state index in [1.165, 1.54) is 6.07 Å². The van der Waals surface area contributed by atoms with Crippen LogP contribution >= 0.6 is 15.9 Å². The first-order valence-electron chi connectivity index (χ1n) is 6.47. The van der Waals surface area contributed by atoms with Gasteiger partial charge in [-0.15, -0.1) is 0 Å². The van der Waals surface area contributed by atoms with E-state index in [9.17, 15) is 9.50 Å². The summed E-state index contributed by atoms with van der Waals surface area (Å²) < 4.78 is 13.6. The van der Waals surface area contributed by atoms with Gasteiger partial charge in [0.15, 0.2) is 0 Å². The zero-order valence-corrected chi connectivity index (χ0v) is 12.6. The number of benzene rings is 2. The number of para-hydroxylation sites is 1. The molecule has 0 aliphatic rings. The summed E-state index contributed by atoms with van der Waals surface area (Å²) >= 11 is 3.15. The normalized spacial score (nSPS) is 12.5. The second-order valence-electron chi connectivity index (χ2n) is 4.74. The van der Waals surface area contributed by atoms with Gasteiger partial charge < -0.3 is 5.11 Å². The molecule has 0 fully saturated rings. The summed E-state index contributed by atoms with van der Waals surface area (Å²) in [7, 11) is 0. The Morgan fingerprint density at radius 1 is 1.14 bits per heavy atom. The SMILES string of the molecule is OC(Cc1ccc(F)c(Br)c1)c1cccc2nccnc12. The summed E-state index contributed by atoms with van der Waals surface area (Å²) in [6, 6.07) is 10.3. The van der Waals surface area contributed by atoms with Gasteiger partial charge in [0, 0.05) is 24.4 Å². The lowest BCUT2D eigenvalue weighted by Crippen LogP contribution is -2.04. The number of aliphatic hydroxyl groups is 1. The molecule has 21 heavy (non-hydrogen) atoms. The van der Waals surface area contributed by atoms with E-state index in [1.54, 1.807) is 24.5 Å². The van der Waals surface area contributed by atoms with Crippen LogP contribution in [0.25, 0.3) is 11.0 Å². The molecule has 106 valence electrons. The molecular weight excluding hydrogens is 335 g/mol. The van der Waals surface area contributed by atoms with Crippen molar-refractivity contribution >= 4 is 27.0 Å². The van der Waals surface area contributed by atoms with Crippen LogP contribution in [0, 0.1) is 5.82 Å². The summed E-state index contributed by atoms with van der Waals surface area (Å²) in [5, 5.41) is 10.5. The van der Waals surface area contributed by atoms with E-state index < -0.39 is 6.10 Å². The highest BCUT2D eigenvalue weighted by atomic mass is 79.9. The van der Waals surface area contributed by atoms with E-state index in [-0.39, 0.29) is 5.82 Å². The van der Waals surface area contributed by atoms with Crippen molar-refractivity contribution in [1.82, 2.24) is 9.97 Å². The van der Waals surface area contributed by atoms with E-state index in [1.807, 2.05) is 18.2 Å². The minimum Gasteiger partial charge on any atom is -0.388 e. The number of halogens is 2. The van der Waals surface area contributed by atoms with Gasteiger partial charge in [0.25, 0.3) is 0 Å². The van der Waals surface area contributed by atoms with Crippen LogP contribution in [-0.4, -0.2) is 15.1 Å². The number of aromatic nitrogens is 2. The van der Waals surface area contributed by atoms with Crippen molar-refractivity contribution in [2.45, 2.75) is 12.5 Å². The third-order valence-corrected chi connectivity index (χ3v) is 3.91. The Hall–Kier alpha value is -1.85. The number of aliphatic hydroxyl groups excluding tert-OH is 1. The Kier molecular flexibility index (Phi) is 3.94. The molecule has 1 atom stereocenters. The third kappa shape index (κ3) is 2.94. The van der Waals surface area contributed by atoms with Crippen LogP contribution in [-0.2, 0) is 6.42 Å². The number of hydrogen-bond acceptors (Lipinski definition) is 3. The molecule has 1 unspecified atom stereocenters. The predicted molar refractivity (Wildman–Crippen MR) is 82.3 cm³/mol. The molecule has 0 aliphatic carbocycles. The maximum atomic E-state index is 13.2. The molecule has 0 amide bonds. The first-order valence-corrected chi connectivity index (χ1v) is 7.26. The van der Waals surface area contributed by atoms with Gasteiger partial charge in [0.05, 0.1) is 21.6 Å². The van der Waals surface area contributed by atoms with Crippen molar-refractivity contribution in [3.05, 3.63) is 70.2 Å². The molecule has 0 spiro atoms. The smallest absolute Gasteiger partial charge is 0.137 e. The zero-order valence-electron chi connectivity index (χ0n) is 11.0. The molecule has 0 aliphatic heterocycles. The van der Waals surface area contributed by atoms with Gasteiger partial charge in [-0.25, -0.2) is 4.39 Å². The number of fused-ring (bicyclic) bond motifs is 1. The molecule has 1 N–H and O–H groups in total. The largest absolute Gasteiger partial charge is 0.388 e. The Balaban J connectivity index is 1.93. The maximum absolute atomic E-state index is 13.2. The van der Waals surface area contributed by atoms with Gasteiger partial charge in [0.2, 0.25) is 0 Å². The van der Waals surface area contributed by atoms with Crippen molar-refractivity contribution in [2.75, 3.05) is 0 Å². The maximum Gasteiger partial charge on any atom is 0.137 e. The monoisotopic (exact) mass is 346 g/mol. The van der Waals surface area contributed by atoms with Crippen molar-refractivity contribution in [3.63, 3.8) is 0 Å². The summed E-state index contributed by atoms with van der Waals surface area (Å²) in [4.78, 5) is 8.51. The average Bonchev–Trinajstić information content (AvgIpc) is 2.50. The Labute approximate surface area is 129 Å². The van der Waals surface area contributed by atoms with Gasteiger partial charge in [-0.05, 0) is 39.7 Å². The van der Waals surface area contributed by atoms with Gasteiger partial charge in [-0.2, -0.15) is 0 Å². The molecule has 5 heteroatoms. The lowest BCUT2D eigenvalue weighted by atomic mass is 10.00. The van der Waals surface area contributed by atoms with Crippen LogP contribution < -0.4 is 0 Å². The standard InChI is InChI=1S/C16H12BrFN2O/c17-12-8-10(4-5-13(12)18)9-15(21)11-2-1-3-14-16(11)20-7-6-19-14/h1-8,15,21H,9H2. The third-order valence-electron chi connectivity index (χ3n) is 3.30. The van der Waals surface area contributed by atoms with Gasteiger partial charge >= 0.3 is 0 Å². The van der Waals surface area contributed by atoms with Crippen molar-refractivity contribution in [3.8, 4) is 0 Å². The Morgan fingerprint density at radius 3 is 2.76 bits per heavy atom. The first-order chi connectivity index (χ1) is 10.1. The summed E-state index contributed by atoms with van der Waals surface area (Å²) in [6.45, 7) is 0. The minimum absolute atomic E-state index is 0.315. The quantitative estimate of drug-likeness (QED) is 0.784. The fraction of sp³-hybridized carbons (Fsp3) is 0.125. The zero-order chi connectivity index (χ0) is 14.8. The van der Waals surface area contributed by atoms with Gasteiger partial charge in [-0.3, -0.25) is 9.97 Å². The van der Waals surface area contributed by atoms with E-state index in [0.29, 0.717) is 16.4 Å². The molecule has 1 aromatic heterocycles. The first kappa shape index (κ1) is 14.1. The van der Waals surface area contributed by atoms with E-state index in [4.69, 9.17) is 0 Å². The topological polar surface area (TPSA) is 46.0 Å². The molecule has 3 aromatic rings. The molecular formula is C16H12BrFN2O. The molecule has 0 saturated carbocycles. The molecule has 1 heterocycles. The van der Waals surface area contributed by atoms with E-state index in [2.05, 4.69) is 25.9 Å². The number of nitrogens with zero attached hydrogens (tertiary/aromatic N) is 2. The van der Waals surface area contributed by atoms with Crippen LogP contribution in [0.15, 0.2) is 53.3 Å². The highest BCUT2D eigenvalue weighted by Gasteiger charge is 2.14. The number of rotatable bonds is 3. The predicted octanol–water partition coefficient (Wildman–Crippen LogP) is 3.81. The summed E-state index contributed by atoms with van der Waals surface area (Å²) in [5.41, 5.74) is 3.00. The lowest BCUT2D eigenvalue weighted by molar-refractivity contribution is 0.179. The van der Waals surface area contributed by atoms with Crippen LogP contribution in [0.1, 0.15) is 17.2 Å². The van der Waals surface area contributed by atoms with Crippen LogP contribution in [0.5, 0.6) is 0 Å². The highest BCUT2D eigenvalue weighted by Crippen LogP contribution is 2.26. The Morgan fingerprint density at radius 2 is 1.95 bits per heavy atom. The second-order valence-corrected chi connectivity index (χ2v) is 5.59. The second kappa shape index (κ2) is 5.87. The molecule has 0 saturated heterocycles.